The number of nitrogens with two attached hydrogens (primary N) is 1. The molecule has 1 aromatic carbocycles. The molecule has 1 fully saturated rings. The molecule has 1 heterocycles. The molecule has 1 saturated heterocycles. The van der Waals surface area contributed by atoms with E-state index in [4.69, 9.17) is 22.1 Å². The van der Waals surface area contributed by atoms with E-state index in [0.29, 0.717) is 24.8 Å². The standard InChI is InChI=1S/C15H20ClFN2O2.ClH/c1-10-6-11(8-18)9-19(10)15(20)4-5-21-14-3-2-12(17)7-13(14)16;/h2-3,7,10-11H,4-6,8-9,18H2,1H3;1H. The smallest absolute Gasteiger partial charge is 0.226 e. The summed E-state index contributed by atoms with van der Waals surface area (Å²) in [4.78, 5) is 14.0. The fraction of sp³-hybridized carbons (Fsp3) is 0.533. The minimum atomic E-state index is -0.415. The van der Waals surface area contributed by atoms with Crippen LogP contribution in [0.2, 0.25) is 5.02 Å². The van der Waals surface area contributed by atoms with Gasteiger partial charge in [-0.05, 0) is 44.0 Å². The second kappa shape index (κ2) is 8.56. The molecule has 2 atom stereocenters. The predicted molar refractivity (Wildman–Crippen MR) is 87.1 cm³/mol. The van der Waals surface area contributed by atoms with Gasteiger partial charge in [0.15, 0.2) is 0 Å². The molecule has 1 aliphatic heterocycles. The highest BCUT2D eigenvalue weighted by molar-refractivity contribution is 6.32. The first-order chi connectivity index (χ1) is 10.0. The number of ether oxygens (including phenoxy) is 1. The van der Waals surface area contributed by atoms with Crippen molar-refractivity contribution in [2.75, 3.05) is 19.7 Å². The fourth-order valence-electron chi connectivity index (χ4n) is 2.64. The molecule has 1 amide bonds. The maximum Gasteiger partial charge on any atom is 0.226 e. The lowest BCUT2D eigenvalue weighted by atomic mass is 10.1. The van der Waals surface area contributed by atoms with E-state index in [2.05, 4.69) is 0 Å². The average Bonchev–Trinajstić information content (AvgIpc) is 2.82. The quantitative estimate of drug-likeness (QED) is 0.888. The SMILES string of the molecule is CC1CC(CN)CN1C(=O)CCOc1ccc(F)cc1Cl.Cl. The van der Waals surface area contributed by atoms with Crippen LogP contribution >= 0.6 is 24.0 Å². The molecule has 0 aromatic heterocycles. The van der Waals surface area contributed by atoms with Gasteiger partial charge in [0.25, 0.3) is 0 Å². The van der Waals surface area contributed by atoms with E-state index in [1.54, 1.807) is 0 Å². The lowest BCUT2D eigenvalue weighted by Crippen LogP contribution is -2.35. The Bertz CT molecular complexity index is 516. The molecule has 0 bridgehead atoms. The summed E-state index contributed by atoms with van der Waals surface area (Å²) in [5.41, 5.74) is 5.66. The van der Waals surface area contributed by atoms with Crippen LogP contribution in [0.25, 0.3) is 0 Å². The third-order valence-corrected chi connectivity index (χ3v) is 4.08. The van der Waals surface area contributed by atoms with Crippen molar-refractivity contribution in [3.05, 3.63) is 29.0 Å². The number of rotatable bonds is 5. The molecule has 7 heteroatoms. The normalized spacial score (nSPS) is 20.6. The summed E-state index contributed by atoms with van der Waals surface area (Å²) in [5, 5.41) is 0.209. The molecule has 2 N–H and O–H groups in total. The molecular weight excluding hydrogens is 330 g/mol. The second-order valence-electron chi connectivity index (χ2n) is 5.41. The summed E-state index contributed by atoms with van der Waals surface area (Å²) in [6.45, 7) is 3.58. The molecule has 1 aliphatic rings. The van der Waals surface area contributed by atoms with E-state index in [1.807, 2.05) is 11.8 Å². The molecule has 22 heavy (non-hydrogen) atoms. The number of carbonyl (C=O) groups is 1. The van der Waals surface area contributed by atoms with Crippen LogP contribution in [0.1, 0.15) is 19.8 Å². The van der Waals surface area contributed by atoms with Crippen molar-refractivity contribution in [3.8, 4) is 5.75 Å². The van der Waals surface area contributed by atoms with Crippen LogP contribution in [-0.4, -0.2) is 36.5 Å². The van der Waals surface area contributed by atoms with Gasteiger partial charge in [0.05, 0.1) is 18.1 Å². The third kappa shape index (κ3) is 4.73. The number of hydrogen-bond donors (Lipinski definition) is 1. The summed E-state index contributed by atoms with van der Waals surface area (Å²) in [5.74, 6) is 0.412. The van der Waals surface area contributed by atoms with E-state index in [-0.39, 0.29) is 42.4 Å². The Morgan fingerprint density at radius 2 is 2.27 bits per heavy atom. The van der Waals surface area contributed by atoms with Crippen molar-refractivity contribution in [2.24, 2.45) is 11.7 Å². The molecule has 2 unspecified atom stereocenters. The maximum absolute atomic E-state index is 12.9. The summed E-state index contributed by atoms with van der Waals surface area (Å²) < 4.78 is 18.3. The van der Waals surface area contributed by atoms with Gasteiger partial charge in [-0.25, -0.2) is 4.39 Å². The second-order valence-corrected chi connectivity index (χ2v) is 5.81. The lowest BCUT2D eigenvalue weighted by molar-refractivity contribution is -0.132. The zero-order valence-electron chi connectivity index (χ0n) is 12.4. The Balaban J connectivity index is 0.00000242. The van der Waals surface area contributed by atoms with E-state index in [9.17, 15) is 9.18 Å². The Kier molecular flexibility index (Phi) is 7.39. The molecule has 2 rings (SSSR count). The first-order valence-electron chi connectivity index (χ1n) is 7.08. The summed E-state index contributed by atoms with van der Waals surface area (Å²) in [6.07, 6.45) is 1.22. The van der Waals surface area contributed by atoms with Gasteiger partial charge in [0.1, 0.15) is 11.6 Å². The van der Waals surface area contributed by atoms with Crippen LogP contribution in [-0.2, 0) is 4.79 Å². The number of amides is 1. The maximum atomic E-state index is 12.9. The van der Waals surface area contributed by atoms with Gasteiger partial charge in [-0.3, -0.25) is 4.79 Å². The van der Waals surface area contributed by atoms with Crippen molar-refractivity contribution in [1.29, 1.82) is 0 Å². The van der Waals surface area contributed by atoms with Crippen LogP contribution < -0.4 is 10.5 Å². The molecule has 0 aliphatic carbocycles. The molecule has 0 saturated carbocycles. The summed E-state index contributed by atoms with van der Waals surface area (Å²) in [6, 6.07) is 4.15. The van der Waals surface area contributed by atoms with Gasteiger partial charge in [-0.1, -0.05) is 11.6 Å². The molecule has 124 valence electrons. The Hall–Kier alpha value is -1.04. The van der Waals surface area contributed by atoms with Crippen LogP contribution in [0.4, 0.5) is 4.39 Å². The van der Waals surface area contributed by atoms with Gasteiger partial charge >= 0.3 is 0 Å². The number of hydrogen-bond acceptors (Lipinski definition) is 3. The van der Waals surface area contributed by atoms with Crippen molar-refractivity contribution in [3.63, 3.8) is 0 Å². The number of nitrogens with zero attached hydrogens (tertiary/aromatic N) is 1. The van der Waals surface area contributed by atoms with Crippen LogP contribution in [0.3, 0.4) is 0 Å². The highest BCUT2D eigenvalue weighted by Crippen LogP contribution is 2.26. The zero-order chi connectivity index (χ0) is 15.4. The monoisotopic (exact) mass is 350 g/mol. The summed E-state index contributed by atoms with van der Waals surface area (Å²) in [7, 11) is 0. The van der Waals surface area contributed by atoms with Gasteiger partial charge in [0.2, 0.25) is 5.91 Å². The molecule has 0 spiro atoms. The largest absolute Gasteiger partial charge is 0.491 e. The van der Waals surface area contributed by atoms with Crippen molar-refractivity contribution >= 4 is 29.9 Å². The van der Waals surface area contributed by atoms with Crippen molar-refractivity contribution < 1.29 is 13.9 Å². The van der Waals surface area contributed by atoms with E-state index in [0.717, 1.165) is 6.42 Å². The van der Waals surface area contributed by atoms with Crippen molar-refractivity contribution in [1.82, 2.24) is 4.90 Å². The van der Waals surface area contributed by atoms with E-state index < -0.39 is 5.82 Å². The number of likely N-dealkylation sites (tertiary alicyclic amines) is 1. The first-order valence-corrected chi connectivity index (χ1v) is 7.46. The minimum Gasteiger partial charge on any atom is -0.491 e. The number of carbonyl (C=O) groups excluding carboxylic acids is 1. The van der Waals surface area contributed by atoms with E-state index >= 15 is 0 Å². The van der Waals surface area contributed by atoms with Crippen LogP contribution in [0, 0.1) is 11.7 Å². The van der Waals surface area contributed by atoms with Gasteiger partial charge in [-0.15, -0.1) is 12.4 Å². The molecule has 1 aromatic rings. The Morgan fingerprint density at radius 3 is 2.86 bits per heavy atom. The zero-order valence-corrected chi connectivity index (χ0v) is 14.0. The minimum absolute atomic E-state index is 0. The Labute approximate surface area is 141 Å². The topological polar surface area (TPSA) is 55.6 Å². The Morgan fingerprint density at radius 1 is 1.55 bits per heavy atom. The number of halogens is 3. The van der Waals surface area contributed by atoms with Gasteiger partial charge in [0, 0.05) is 12.6 Å². The van der Waals surface area contributed by atoms with Crippen LogP contribution in [0.15, 0.2) is 18.2 Å². The van der Waals surface area contributed by atoms with Gasteiger partial charge < -0.3 is 15.4 Å². The average molecular weight is 351 g/mol. The third-order valence-electron chi connectivity index (χ3n) is 3.78. The highest BCUT2D eigenvalue weighted by atomic mass is 35.5. The highest BCUT2D eigenvalue weighted by Gasteiger charge is 2.31. The lowest BCUT2D eigenvalue weighted by Gasteiger charge is -2.21. The van der Waals surface area contributed by atoms with Crippen LogP contribution in [0.5, 0.6) is 5.75 Å². The van der Waals surface area contributed by atoms with Gasteiger partial charge in [-0.2, -0.15) is 0 Å². The fourth-order valence-corrected chi connectivity index (χ4v) is 2.87. The predicted octanol–water partition coefficient (Wildman–Crippen LogP) is 2.87. The summed E-state index contributed by atoms with van der Waals surface area (Å²) >= 11 is 5.86. The molecule has 0 radical (unpaired) electrons. The number of benzene rings is 1. The van der Waals surface area contributed by atoms with Crippen molar-refractivity contribution in [2.45, 2.75) is 25.8 Å². The molecular formula is C15H21Cl2FN2O2. The molecule has 4 nitrogen and oxygen atoms in total. The van der Waals surface area contributed by atoms with E-state index in [1.165, 1.54) is 18.2 Å². The first kappa shape index (κ1) is 19.0.